The van der Waals surface area contributed by atoms with Gasteiger partial charge < -0.3 is 10.5 Å². The van der Waals surface area contributed by atoms with Gasteiger partial charge in [-0.3, -0.25) is 0 Å². The van der Waals surface area contributed by atoms with Crippen molar-refractivity contribution in [1.82, 2.24) is 19.6 Å². The van der Waals surface area contributed by atoms with Crippen molar-refractivity contribution in [1.29, 1.82) is 0 Å². The molecule has 72 valence electrons. The first kappa shape index (κ1) is 8.42. The summed E-state index contributed by atoms with van der Waals surface area (Å²) in [5, 5.41) is 3.85. The number of methoxy groups -OCH3 is 1. The van der Waals surface area contributed by atoms with E-state index in [0.717, 1.165) is 0 Å². The van der Waals surface area contributed by atoms with E-state index in [4.69, 9.17) is 5.73 Å². The van der Waals surface area contributed by atoms with E-state index in [1.165, 1.54) is 24.1 Å². The van der Waals surface area contributed by atoms with Gasteiger partial charge in [0.05, 0.1) is 13.3 Å². The van der Waals surface area contributed by atoms with Crippen LogP contribution in [0.4, 0.5) is 5.95 Å². The molecule has 7 heteroatoms. The van der Waals surface area contributed by atoms with Crippen LogP contribution in [0.5, 0.6) is 0 Å². The standard InChI is InChI=1S/C7H7N5O2/c1-14-6(13)4-2-11-12-5(4)9-3-10-7(12)8/h2-3H,1H3,(H2,8,9,10). The highest BCUT2D eigenvalue weighted by Gasteiger charge is 2.15. The normalized spacial score (nSPS) is 10.4. The van der Waals surface area contributed by atoms with Crippen molar-refractivity contribution in [3.05, 3.63) is 18.1 Å². The van der Waals surface area contributed by atoms with Gasteiger partial charge in [0.25, 0.3) is 0 Å². The predicted octanol–water partition coefficient (Wildman–Crippen LogP) is -0.507. The van der Waals surface area contributed by atoms with Crippen LogP contribution in [0.15, 0.2) is 12.5 Å². The number of ether oxygens (including phenoxy) is 1. The number of anilines is 1. The van der Waals surface area contributed by atoms with Crippen LogP contribution in [-0.2, 0) is 4.74 Å². The number of carbonyl (C=O) groups excluding carboxylic acids is 1. The van der Waals surface area contributed by atoms with E-state index in [0.29, 0.717) is 5.65 Å². The molecule has 2 aromatic rings. The van der Waals surface area contributed by atoms with Crippen LogP contribution < -0.4 is 5.73 Å². The van der Waals surface area contributed by atoms with Crippen molar-refractivity contribution in [3.63, 3.8) is 0 Å². The molecule has 0 aliphatic rings. The van der Waals surface area contributed by atoms with Gasteiger partial charge in [-0.2, -0.15) is 9.61 Å². The zero-order valence-electron chi connectivity index (χ0n) is 7.34. The molecule has 0 aliphatic heterocycles. The van der Waals surface area contributed by atoms with E-state index >= 15 is 0 Å². The Morgan fingerprint density at radius 3 is 3.07 bits per heavy atom. The van der Waals surface area contributed by atoms with Crippen LogP contribution in [0.3, 0.4) is 0 Å². The van der Waals surface area contributed by atoms with Crippen molar-refractivity contribution in [3.8, 4) is 0 Å². The predicted molar refractivity (Wildman–Crippen MR) is 46.5 cm³/mol. The SMILES string of the molecule is COC(=O)c1cnn2c(N)ncnc12. The molecule has 0 aromatic carbocycles. The second kappa shape index (κ2) is 2.95. The molecule has 0 spiro atoms. The Morgan fingerprint density at radius 1 is 1.57 bits per heavy atom. The minimum atomic E-state index is -0.502. The van der Waals surface area contributed by atoms with Gasteiger partial charge in [0, 0.05) is 0 Å². The highest BCUT2D eigenvalue weighted by atomic mass is 16.5. The molecular formula is C7H7N5O2. The lowest BCUT2D eigenvalue weighted by Gasteiger charge is -1.97. The van der Waals surface area contributed by atoms with Crippen molar-refractivity contribution in [2.45, 2.75) is 0 Å². The van der Waals surface area contributed by atoms with E-state index in [-0.39, 0.29) is 11.5 Å². The quantitative estimate of drug-likeness (QED) is 0.613. The summed E-state index contributed by atoms with van der Waals surface area (Å²) in [4.78, 5) is 18.8. The maximum atomic E-state index is 11.2. The summed E-state index contributed by atoms with van der Waals surface area (Å²) < 4.78 is 5.82. The maximum Gasteiger partial charge on any atom is 0.343 e. The van der Waals surface area contributed by atoms with Crippen LogP contribution in [0, 0.1) is 0 Å². The van der Waals surface area contributed by atoms with Gasteiger partial charge in [0.15, 0.2) is 5.65 Å². The minimum absolute atomic E-state index is 0.171. The maximum absolute atomic E-state index is 11.2. The Bertz CT molecular complexity index is 492. The molecule has 0 saturated carbocycles. The number of hydrogen-bond acceptors (Lipinski definition) is 6. The number of fused-ring (bicyclic) bond motifs is 1. The number of nitrogen functional groups attached to an aromatic ring is 1. The highest BCUT2D eigenvalue weighted by molar-refractivity contribution is 5.95. The molecule has 2 heterocycles. The molecular weight excluding hydrogens is 186 g/mol. The number of carbonyl (C=O) groups is 1. The second-order valence-electron chi connectivity index (χ2n) is 2.52. The van der Waals surface area contributed by atoms with E-state index in [1.807, 2.05) is 0 Å². The molecule has 7 nitrogen and oxygen atoms in total. The summed E-state index contributed by atoms with van der Waals surface area (Å²) in [6.45, 7) is 0. The van der Waals surface area contributed by atoms with E-state index in [9.17, 15) is 4.79 Å². The zero-order chi connectivity index (χ0) is 10.1. The van der Waals surface area contributed by atoms with Crippen molar-refractivity contribution in [2.75, 3.05) is 12.8 Å². The summed E-state index contributed by atoms with van der Waals surface area (Å²) in [5.74, 6) is -0.330. The molecule has 2 aromatic heterocycles. The highest BCUT2D eigenvalue weighted by Crippen LogP contribution is 2.09. The molecule has 2 N–H and O–H groups in total. The van der Waals surface area contributed by atoms with Gasteiger partial charge in [0.2, 0.25) is 5.95 Å². The number of nitrogens with zero attached hydrogens (tertiary/aromatic N) is 4. The lowest BCUT2D eigenvalue weighted by molar-refractivity contribution is 0.0602. The fourth-order valence-electron chi connectivity index (χ4n) is 1.09. The van der Waals surface area contributed by atoms with Crippen molar-refractivity contribution in [2.24, 2.45) is 0 Å². The summed E-state index contributed by atoms with van der Waals surface area (Å²) in [6.07, 6.45) is 2.60. The first-order valence-corrected chi connectivity index (χ1v) is 3.76. The summed E-state index contributed by atoms with van der Waals surface area (Å²) in [6, 6.07) is 0. The lowest BCUT2D eigenvalue weighted by Crippen LogP contribution is -2.05. The average molecular weight is 193 g/mol. The van der Waals surface area contributed by atoms with Crippen molar-refractivity contribution >= 4 is 17.6 Å². The van der Waals surface area contributed by atoms with Crippen LogP contribution >= 0.6 is 0 Å². The Labute approximate surface area is 78.5 Å². The first-order chi connectivity index (χ1) is 6.74. The molecule has 0 bridgehead atoms. The van der Waals surface area contributed by atoms with Gasteiger partial charge in [-0.05, 0) is 0 Å². The second-order valence-corrected chi connectivity index (χ2v) is 2.52. The molecule has 0 amide bonds. The Balaban J connectivity index is 2.70. The fraction of sp³-hybridized carbons (Fsp3) is 0.143. The van der Waals surface area contributed by atoms with E-state index in [1.54, 1.807) is 0 Å². The number of esters is 1. The molecule has 0 fully saturated rings. The molecule has 0 aliphatic carbocycles. The zero-order valence-corrected chi connectivity index (χ0v) is 7.34. The monoisotopic (exact) mass is 193 g/mol. The van der Waals surface area contributed by atoms with Gasteiger partial charge >= 0.3 is 5.97 Å². The smallest absolute Gasteiger partial charge is 0.343 e. The lowest BCUT2D eigenvalue weighted by atomic mass is 10.3. The molecule has 14 heavy (non-hydrogen) atoms. The van der Waals surface area contributed by atoms with E-state index in [2.05, 4.69) is 19.8 Å². The van der Waals surface area contributed by atoms with Crippen LogP contribution in [0.2, 0.25) is 0 Å². The van der Waals surface area contributed by atoms with Gasteiger partial charge in [-0.25, -0.2) is 14.8 Å². The number of aromatic nitrogens is 4. The van der Waals surface area contributed by atoms with Crippen LogP contribution in [-0.4, -0.2) is 32.7 Å². The third kappa shape index (κ3) is 1.06. The fourth-order valence-corrected chi connectivity index (χ4v) is 1.09. The molecule has 0 atom stereocenters. The summed E-state index contributed by atoms with van der Waals surface area (Å²) in [5.41, 5.74) is 6.11. The third-order valence-electron chi connectivity index (χ3n) is 1.74. The number of hydrogen-bond donors (Lipinski definition) is 1. The molecule has 2 rings (SSSR count). The van der Waals surface area contributed by atoms with E-state index < -0.39 is 5.97 Å². The Kier molecular flexibility index (Phi) is 1.77. The average Bonchev–Trinajstić information content (AvgIpc) is 2.62. The minimum Gasteiger partial charge on any atom is -0.465 e. The molecule has 0 saturated heterocycles. The van der Waals surface area contributed by atoms with Crippen molar-refractivity contribution < 1.29 is 9.53 Å². The molecule has 0 radical (unpaired) electrons. The first-order valence-electron chi connectivity index (χ1n) is 3.76. The topological polar surface area (TPSA) is 95.4 Å². The van der Waals surface area contributed by atoms with Crippen LogP contribution in [0.25, 0.3) is 5.65 Å². The molecule has 0 unspecified atom stereocenters. The number of rotatable bonds is 1. The Hall–Kier alpha value is -2.18. The number of nitrogens with two attached hydrogens (primary N) is 1. The van der Waals surface area contributed by atoms with Gasteiger partial charge in [0.1, 0.15) is 11.9 Å². The Morgan fingerprint density at radius 2 is 2.36 bits per heavy atom. The van der Waals surface area contributed by atoms with Gasteiger partial charge in [-0.15, -0.1) is 0 Å². The third-order valence-corrected chi connectivity index (χ3v) is 1.74. The summed E-state index contributed by atoms with van der Waals surface area (Å²) in [7, 11) is 1.29. The summed E-state index contributed by atoms with van der Waals surface area (Å²) >= 11 is 0. The van der Waals surface area contributed by atoms with Gasteiger partial charge in [-0.1, -0.05) is 0 Å². The largest absolute Gasteiger partial charge is 0.465 e. The van der Waals surface area contributed by atoms with Crippen LogP contribution in [0.1, 0.15) is 10.4 Å².